The van der Waals surface area contributed by atoms with Crippen LogP contribution in [0.25, 0.3) is 11.2 Å². The molecule has 0 bridgehead atoms. The molecule has 1 unspecified atom stereocenters. The second kappa shape index (κ2) is 17.3. The molecule has 2 aromatic heterocycles. The number of aromatic nitrogens is 4. The van der Waals surface area contributed by atoms with Crippen molar-refractivity contribution in [3.05, 3.63) is 16.7 Å². The summed E-state index contributed by atoms with van der Waals surface area (Å²) < 4.78 is 36.6. The van der Waals surface area contributed by atoms with E-state index in [0.29, 0.717) is 13.0 Å². The van der Waals surface area contributed by atoms with Crippen molar-refractivity contribution in [3.8, 4) is 0 Å². The molecule has 0 aromatic carbocycles. The van der Waals surface area contributed by atoms with Crippen molar-refractivity contribution in [2.75, 3.05) is 19.5 Å². The number of unbranched alkanes of at least 4 members (excludes halogenated alkanes) is 13. The summed E-state index contributed by atoms with van der Waals surface area (Å²) in [4.78, 5) is 33.2. The van der Waals surface area contributed by atoms with Crippen LogP contribution in [0, 0.1) is 0 Å². The van der Waals surface area contributed by atoms with E-state index in [9.17, 15) is 14.3 Å². The van der Waals surface area contributed by atoms with Gasteiger partial charge in [-0.15, -0.1) is 0 Å². The van der Waals surface area contributed by atoms with Gasteiger partial charge in [0.15, 0.2) is 17.4 Å². The van der Waals surface area contributed by atoms with Crippen molar-refractivity contribution in [1.29, 1.82) is 0 Å². The fourth-order valence-corrected chi connectivity index (χ4v) is 6.06. The Bertz CT molecular complexity index is 1140. The predicted octanol–water partition coefficient (Wildman–Crippen LogP) is 6.01. The van der Waals surface area contributed by atoms with Crippen molar-refractivity contribution >= 4 is 24.9 Å². The Morgan fingerprint density at radius 2 is 1.59 bits per heavy atom. The normalized spacial score (nSPS) is 22.4. The van der Waals surface area contributed by atoms with Crippen LogP contribution in [0.3, 0.4) is 0 Å². The van der Waals surface area contributed by atoms with Gasteiger partial charge in [0.25, 0.3) is 5.56 Å². The summed E-state index contributed by atoms with van der Waals surface area (Å²) in [5.41, 5.74) is 5.65. The molecule has 3 rings (SSSR count). The summed E-state index contributed by atoms with van der Waals surface area (Å²) in [7, 11) is -3.21. The highest BCUT2D eigenvalue weighted by Gasteiger charge is 2.50. The molecule has 0 saturated carbocycles. The summed E-state index contributed by atoms with van der Waals surface area (Å²) in [5.74, 6) is -0.0544. The second-order valence-electron chi connectivity index (χ2n) is 10.9. The minimum Gasteiger partial charge on any atom is -0.371 e. The average molecular weight is 600 g/mol. The van der Waals surface area contributed by atoms with E-state index < -0.39 is 37.9 Å². The van der Waals surface area contributed by atoms with Crippen molar-refractivity contribution in [1.82, 2.24) is 19.5 Å². The Morgan fingerprint density at radius 1 is 1.00 bits per heavy atom. The number of hydrogen-bond acceptors (Lipinski definition) is 9. The standard InChI is InChI=1S/C28H50N5O7P/c1-4-6-7-8-9-10-11-12-13-14-15-16-17-18-19-38-24-23(40-41(35,36)37-3)21(5-2)39-27(24)33-20-30-22-25(33)31-28(29)32-26(22)34/h20-21,23-24,27H,4-19H2,1-3H3,(H,35,36)(H3,29,31,32,34)/t21-,23+,24+,27-/m1/s1. The Hall–Kier alpha value is -1.82. The van der Waals surface area contributed by atoms with Crippen LogP contribution in [0.2, 0.25) is 0 Å². The third-order valence-corrected chi connectivity index (χ3v) is 8.68. The van der Waals surface area contributed by atoms with Crippen molar-refractivity contribution < 1.29 is 28.0 Å². The molecule has 41 heavy (non-hydrogen) atoms. The molecule has 5 atom stereocenters. The lowest BCUT2D eigenvalue weighted by Gasteiger charge is -2.26. The number of nitrogens with zero attached hydrogens (tertiary/aromatic N) is 3. The van der Waals surface area contributed by atoms with Crippen LogP contribution in [0.5, 0.6) is 0 Å². The SMILES string of the molecule is CCCCCCCCCCCCCCCCO[C@H]1[C@@H](OP(=O)(O)OC)[C@@H](CC)O[C@H]1n1cnc2c(=O)[nH]c(N)nc21. The zero-order chi connectivity index (χ0) is 29.7. The van der Waals surface area contributed by atoms with E-state index in [-0.39, 0.29) is 17.1 Å². The lowest BCUT2D eigenvalue weighted by Crippen LogP contribution is -2.36. The number of ether oxygens (including phenoxy) is 2. The molecule has 1 saturated heterocycles. The molecule has 1 aliphatic rings. The first-order chi connectivity index (χ1) is 19.8. The lowest BCUT2D eigenvalue weighted by atomic mass is 10.0. The van der Waals surface area contributed by atoms with E-state index in [1.165, 1.54) is 77.0 Å². The van der Waals surface area contributed by atoms with Crippen LogP contribution < -0.4 is 11.3 Å². The van der Waals surface area contributed by atoms with Crippen molar-refractivity contribution in [2.24, 2.45) is 0 Å². The van der Waals surface area contributed by atoms with Gasteiger partial charge < -0.3 is 20.1 Å². The number of rotatable bonds is 21. The summed E-state index contributed by atoms with van der Waals surface area (Å²) in [6.45, 7) is 4.56. The van der Waals surface area contributed by atoms with E-state index in [4.69, 9.17) is 19.7 Å². The number of hydrogen-bond donors (Lipinski definition) is 3. The van der Waals surface area contributed by atoms with E-state index in [1.807, 2.05) is 6.92 Å². The van der Waals surface area contributed by atoms with E-state index in [2.05, 4.69) is 26.4 Å². The molecule has 13 heteroatoms. The third kappa shape index (κ3) is 10.1. The van der Waals surface area contributed by atoms with Crippen LogP contribution in [-0.4, -0.2) is 56.4 Å². The highest BCUT2D eigenvalue weighted by molar-refractivity contribution is 7.47. The number of fused-ring (bicyclic) bond motifs is 1. The van der Waals surface area contributed by atoms with Crippen LogP contribution in [-0.2, 0) is 23.1 Å². The van der Waals surface area contributed by atoms with Crippen LogP contribution >= 0.6 is 7.82 Å². The smallest absolute Gasteiger partial charge is 0.371 e. The van der Waals surface area contributed by atoms with Crippen molar-refractivity contribution in [3.63, 3.8) is 0 Å². The van der Waals surface area contributed by atoms with Crippen LogP contribution in [0.4, 0.5) is 5.95 Å². The molecule has 1 aliphatic heterocycles. The first-order valence-electron chi connectivity index (χ1n) is 15.4. The zero-order valence-corrected chi connectivity index (χ0v) is 25.9. The van der Waals surface area contributed by atoms with Gasteiger partial charge in [0.05, 0.1) is 12.4 Å². The number of imidazole rings is 1. The molecular weight excluding hydrogens is 549 g/mol. The number of nitrogen functional groups attached to an aromatic ring is 1. The van der Waals surface area contributed by atoms with Gasteiger partial charge in [-0.25, -0.2) is 9.55 Å². The fourth-order valence-electron chi connectivity index (χ4n) is 5.41. The maximum Gasteiger partial charge on any atom is 0.472 e. The van der Waals surface area contributed by atoms with Gasteiger partial charge in [0, 0.05) is 13.7 Å². The van der Waals surface area contributed by atoms with Gasteiger partial charge in [0.1, 0.15) is 12.2 Å². The molecule has 0 amide bonds. The Morgan fingerprint density at radius 3 is 2.15 bits per heavy atom. The topological polar surface area (TPSA) is 164 Å². The Labute approximate surface area is 243 Å². The quantitative estimate of drug-likeness (QED) is 0.114. The molecule has 1 fully saturated rings. The molecule has 234 valence electrons. The van der Waals surface area contributed by atoms with Crippen LogP contribution in [0.1, 0.15) is 116 Å². The Balaban J connectivity index is 1.50. The minimum atomic E-state index is -4.33. The molecule has 0 spiro atoms. The van der Waals surface area contributed by atoms with E-state index in [0.717, 1.165) is 26.4 Å². The maximum absolute atomic E-state index is 12.4. The monoisotopic (exact) mass is 599 g/mol. The maximum atomic E-state index is 12.4. The largest absolute Gasteiger partial charge is 0.472 e. The minimum absolute atomic E-state index is 0.0544. The summed E-state index contributed by atoms with van der Waals surface area (Å²) in [5, 5.41) is 0. The van der Waals surface area contributed by atoms with Gasteiger partial charge in [0.2, 0.25) is 5.95 Å². The van der Waals surface area contributed by atoms with Crippen molar-refractivity contribution in [2.45, 2.75) is 135 Å². The number of H-pyrrole nitrogens is 1. The molecular formula is C28H50N5O7P. The van der Waals surface area contributed by atoms with Gasteiger partial charge >= 0.3 is 7.82 Å². The predicted molar refractivity (Wildman–Crippen MR) is 159 cm³/mol. The van der Waals surface area contributed by atoms with E-state index in [1.54, 1.807) is 4.57 Å². The highest BCUT2D eigenvalue weighted by atomic mass is 31.2. The first-order valence-corrected chi connectivity index (χ1v) is 16.9. The molecule has 4 N–H and O–H groups in total. The number of anilines is 1. The Kier molecular flexibility index (Phi) is 14.2. The summed E-state index contributed by atoms with van der Waals surface area (Å²) in [6, 6.07) is 0. The summed E-state index contributed by atoms with van der Waals surface area (Å²) >= 11 is 0. The highest BCUT2D eigenvalue weighted by Crippen LogP contribution is 2.49. The molecule has 0 aliphatic carbocycles. The third-order valence-electron chi connectivity index (χ3n) is 7.71. The molecule has 2 aromatic rings. The number of nitrogens with two attached hydrogens (primary N) is 1. The molecule has 3 heterocycles. The number of aromatic amines is 1. The van der Waals surface area contributed by atoms with Crippen LogP contribution in [0.15, 0.2) is 11.1 Å². The average Bonchev–Trinajstić information content (AvgIpc) is 3.51. The summed E-state index contributed by atoms with van der Waals surface area (Å²) in [6.07, 6.45) is 16.5. The van der Waals surface area contributed by atoms with Gasteiger partial charge in [-0.1, -0.05) is 97.3 Å². The number of phosphoric ester groups is 1. The first kappa shape index (κ1) is 33.7. The zero-order valence-electron chi connectivity index (χ0n) is 25.0. The lowest BCUT2D eigenvalue weighted by molar-refractivity contribution is -0.0675. The number of nitrogens with one attached hydrogen (secondary N) is 1. The number of phosphoric acid groups is 1. The van der Waals surface area contributed by atoms with Gasteiger partial charge in [-0.2, -0.15) is 4.98 Å². The molecule has 12 nitrogen and oxygen atoms in total. The second-order valence-corrected chi connectivity index (χ2v) is 12.4. The van der Waals surface area contributed by atoms with Gasteiger partial charge in [-0.05, 0) is 12.8 Å². The fraction of sp³-hybridized carbons (Fsp3) is 0.821. The van der Waals surface area contributed by atoms with E-state index >= 15 is 0 Å². The molecule has 0 radical (unpaired) electrons. The van der Waals surface area contributed by atoms with Gasteiger partial charge in [-0.3, -0.25) is 23.4 Å².